The number of ether oxygens (including phenoxy) is 1. The molecule has 88 valence electrons. The van der Waals surface area contributed by atoms with E-state index >= 15 is 0 Å². The molecule has 5 nitrogen and oxygen atoms in total. The molecule has 6 heteroatoms. The van der Waals surface area contributed by atoms with Crippen molar-refractivity contribution in [1.29, 1.82) is 0 Å². The zero-order valence-corrected chi connectivity index (χ0v) is 10.6. The zero-order valence-electron chi connectivity index (χ0n) is 9.03. The molecule has 0 spiro atoms. The first-order chi connectivity index (χ1) is 7.60. The van der Waals surface area contributed by atoms with Crippen molar-refractivity contribution >= 4 is 27.8 Å². The van der Waals surface area contributed by atoms with Gasteiger partial charge in [-0.25, -0.2) is 0 Å². The minimum Gasteiger partial charge on any atom is -0.468 e. The standard InChI is InChI=1S/C10H12BrNO4/c1-3-12(6-8(13)15-2)10(14)7-4-5-16-9(7)11/h4-5H,3,6H2,1-2H3. The summed E-state index contributed by atoms with van der Waals surface area (Å²) >= 11 is 3.12. The van der Waals surface area contributed by atoms with Gasteiger partial charge in [-0.3, -0.25) is 9.59 Å². The number of hydrogen-bond donors (Lipinski definition) is 0. The van der Waals surface area contributed by atoms with E-state index in [4.69, 9.17) is 4.42 Å². The maximum absolute atomic E-state index is 11.9. The number of furan rings is 1. The quantitative estimate of drug-likeness (QED) is 0.792. The van der Waals surface area contributed by atoms with Crippen LogP contribution in [0, 0.1) is 0 Å². The van der Waals surface area contributed by atoms with Gasteiger partial charge in [-0.2, -0.15) is 0 Å². The van der Waals surface area contributed by atoms with Gasteiger partial charge in [-0.05, 0) is 28.9 Å². The third-order valence-corrected chi connectivity index (χ3v) is 2.68. The lowest BCUT2D eigenvalue weighted by Gasteiger charge is -2.18. The first kappa shape index (κ1) is 12.8. The number of nitrogens with zero attached hydrogens (tertiary/aromatic N) is 1. The van der Waals surface area contributed by atoms with Crippen LogP contribution < -0.4 is 0 Å². The molecule has 0 atom stereocenters. The number of carbonyl (C=O) groups is 2. The van der Waals surface area contributed by atoms with Crippen molar-refractivity contribution in [2.24, 2.45) is 0 Å². The number of halogens is 1. The number of methoxy groups -OCH3 is 1. The second kappa shape index (κ2) is 5.69. The van der Waals surface area contributed by atoms with Crippen LogP contribution in [0.3, 0.4) is 0 Å². The van der Waals surface area contributed by atoms with Crippen molar-refractivity contribution in [1.82, 2.24) is 4.90 Å². The fourth-order valence-corrected chi connectivity index (χ4v) is 1.57. The third-order valence-electron chi connectivity index (χ3n) is 2.06. The van der Waals surface area contributed by atoms with Crippen molar-refractivity contribution < 1.29 is 18.7 Å². The molecule has 1 rings (SSSR count). The van der Waals surface area contributed by atoms with Crippen molar-refractivity contribution in [3.05, 3.63) is 22.6 Å². The lowest BCUT2D eigenvalue weighted by atomic mass is 10.3. The van der Waals surface area contributed by atoms with Gasteiger partial charge < -0.3 is 14.1 Å². The molecule has 0 bridgehead atoms. The largest absolute Gasteiger partial charge is 0.468 e. The highest BCUT2D eigenvalue weighted by molar-refractivity contribution is 9.10. The Morgan fingerprint density at radius 3 is 2.69 bits per heavy atom. The Balaban J connectivity index is 2.78. The second-order valence-electron chi connectivity index (χ2n) is 3.00. The van der Waals surface area contributed by atoms with Gasteiger partial charge in [-0.15, -0.1) is 0 Å². The van der Waals surface area contributed by atoms with Crippen LogP contribution in [0.5, 0.6) is 0 Å². The first-order valence-corrected chi connectivity index (χ1v) is 5.48. The molecule has 0 aliphatic carbocycles. The average Bonchev–Trinajstić information content (AvgIpc) is 2.71. The number of rotatable bonds is 4. The fraction of sp³-hybridized carbons (Fsp3) is 0.400. The minimum atomic E-state index is -0.449. The molecule has 0 unspecified atom stereocenters. The SMILES string of the molecule is CCN(CC(=O)OC)C(=O)c1ccoc1Br. The summed E-state index contributed by atoms with van der Waals surface area (Å²) in [6.07, 6.45) is 1.41. The van der Waals surface area contributed by atoms with Crippen molar-refractivity contribution in [2.45, 2.75) is 6.92 Å². The highest BCUT2D eigenvalue weighted by Crippen LogP contribution is 2.19. The highest BCUT2D eigenvalue weighted by atomic mass is 79.9. The van der Waals surface area contributed by atoms with Gasteiger partial charge in [0, 0.05) is 6.54 Å². The van der Waals surface area contributed by atoms with Gasteiger partial charge in [0.25, 0.3) is 5.91 Å². The van der Waals surface area contributed by atoms with E-state index in [9.17, 15) is 9.59 Å². The Morgan fingerprint density at radius 1 is 1.56 bits per heavy atom. The molecule has 0 fully saturated rings. The summed E-state index contributed by atoms with van der Waals surface area (Å²) in [4.78, 5) is 24.4. The van der Waals surface area contributed by atoms with Crippen molar-refractivity contribution in [3.8, 4) is 0 Å². The number of likely N-dealkylation sites (N-methyl/N-ethyl adjacent to an activating group) is 1. The summed E-state index contributed by atoms with van der Waals surface area (Å²) in [5.74, 6) is -0.719. The summed E-state index contributed by atoms with van der Waals surface area (Å²) in [5.41, 5.74) is 0.394. The summed E-state index contributed by atoms with van der Waals surface area (Å²) in [7, 11) is 1.29. The molecule has 0 aromatic carbocycles. The summed E-state index contributed by atoms with van der Waals surface area (Å²) in [5, 5.41) is 0. The highest BCUT2D eigenvalue weighted by Gasteiger charge is 2.21. The molecule has 0 aliphatic rings. The third kappa shape index (κ3) is 2.85. The second-order valence-corrected chi connectivity index (χ2v) is 3.72. The normalized spacial score (nSPS) is 9.94. The molecule has 1 aromatic rings. The molecule has 0 radical (unpaired) electrons. The lowest BCUT2D eigenvalue weighted by Crippen LogP contribution is -2.35. The molecule has 1 heterocycles. The molecule has 1 amide bonds. The molecule has 16 heavy (non-hydrogen) atoms. The van der Waals surface area contributed by atoms with Crippen LogP contribution in [0.15, 0.2) is 21.4 Å². The number of esters is 1. The van der Waals surface area contributed by atoms with E-state index < -0.39 is 5.97 Å². The predicted molar refractivity (Wildman–Crippen MR) is 60.0 cm³/mol. The number of hydrogen-bond acceptors (Lipinski definition) is 4. The predicted octanol–water partition coefficient (Wildman–Crippen LogP) is 1.68. The van der Waals surface area contributed by atoms with Crippen LogP contribution in [0.4, 0.5) is 0 Å². The van der Waals surface area contributed by atoms with Crippen LogP contribution in [-0.2, 0) is 9.53 Å². The van der Waals surface area contributed by atoms with Crippen LogP contribution in [0.2, 0.25) is 0 Å². The summed E-state index contributed by atoms with van der Waals surface area (Å²) in [6, 6.07) is 1.55. The first-order valence-electron chi connectivity index (χ1n) is 4.69. The van der Waals surface area contributed by atoms with E-state index in [1.807, 2.05) is 0 Å². The Hall–Kier alpha value is -1.30. The zero-order chi connectivity index (χ0) is 12.1. The van der Waals surface area contributed by atoms with Gasteiger partial charge in [0.05, 0.1) is 18.9 Å². The topological polar surface area (TPSA) is 59.8 Å². The number of carbonyl (C=O) groups excluding carboxylic acids is 2. The van der Waals surface area contributed by atoms with Crippen molar-refractivity contribution in [2.75, 3.05) is 20.2 Å². The number of amides is 1. The van der Waals surface area contributed by atoms with Gasteiger partial charge in [-0.1, -0.05) is 0 Å². The van der Waals surface area contributed by atoms with E-state index in [0.29, 0.717) is 16.8 Å². The van der Waals surface area contributed by atoms with Crippen LogP contribution in [-0.4, -0.2) is 37.0 Å². The van der Waals surface area contributed by atoms with Gasteiger partial charge in [0.2, 0.25) is 0 Å². The van der Waals surface area contributed by atoms with E-state index in [1.165, 1.54) is 18.3 Å². The summed E-state index contributed by atoms with van der Waals surface area (Å²) in [6.45, 7) is 2.14. The smallest absolute Gasteiger partial charge is 0.325 e. The van der Waals surface area contributed by atoms with Crippen LogP contribution >= 0.6 is 15.9 Å². The van der Waals surface area contributed by atoms with Crippen LogP contribution in [0.1, 0.15) is 17.3 Å². The Kier molecular flexibility index (Phi) is 4.54. The van der Waals surface area contributed by atoms with E-state index in [1.54, 1.807) is 13.0 Å². The van der Waals surface area contributed by atoms with Crippen LogP contribution in [0.25, 0.3) is 0 Å². The maximum atomic E-state index is 11.9. The summed E-state index contributed by atoms with van der Waals surface area (Å²) < 4.78 is 9.84. The lowest BCUT2D eigenvalue weighted by molar-refractivity contribution is -0.141. The molecule has 1 aromatic heterocycles. The van der Waals surface area contributed by atoms with E-state index in [0.717, 1.165) is 0 Å². The molecule has 0 saturated carbocycles. The van der Waals surface area contributed by atoms with E-state index in [-0.39, 0.29) is 12.5 Å². The van der Waals surface area contributed by atoms with Gasteiger partial charge in [0.1, 0.15) is 6.54 Å². The van der Waals surface area contributed by atoms with E-state index in [2.05, 4.69) is 20.7 Å². The molecular weight excluding hydrogens is 278 g/mol. The molecule has 0 aliphatic heterocycles. The molecular formula is C10H12BrNO4. The fourth-order valence-electron chi connectivity index (χ4n) is 1.16. The average molecular weight is 290 g/mol. The van der Waals surface area contributed by atoms with Gasteiger partial charge >= 0.3 is 5.97 Å². The van der Waals surface area contributed by atoms with Crippen molar-refractivity contribution in [3.63, 3.8) is 0 Å². The van der Waals surface area contributed by atoms with Gasteiger partial charge in [0.15, 0.2) is 4.67 Å². The monoisotopic (exact) mass is 289 g/mol. The minimum absolute atomic E-state index is 0.0660. The Morgan fingerprint density at radius 2 is 2.25 bits per heavy atom. The maximum Gasteiger partial charge on any atom is 0.325 e. The Labute approximate surface area is 101 Å². The molecule has 0 N–H and O–H groups in total. The molecule has 0 saturated heterocycles. The Bertz CT molecular complexity index is 388.